The lowest BCUT2D eigenvalue weighted by atomic mass is 9.75. The van der Waals surface area contributed by atoms with E-state index in [-0.39, 0.29) is 0 Å². The van der Waals surface area contributed by atoms with Crippen molar-refractivity contribution in [3.05, 3.63) is 24.3 Å². The molecule has 1 N–H and O–H groups in total. The van der Waals surface area contributed by atoms with Crippen LogP contribution in [0.5, 0.6) is 5.75 Å². The maximum Gasteiger partial charge on any atom is 0.277 e. The molecule has 2 heterocycles. The van der Waals surface area contributed by atoms with Crippen LogP contribution >= 0.6 is 0 Å². The number of piperidine rings is 1. The first-order valence-corrected chi connectivity index (χ1v) is 10.7. The minimum atomic E-state index is 0.379. The van der Waals surface area contributed by atoms with Crippen LogP contribution in [0.15, 0.2) is 24.3 Å². The fourth-order valence-corrected chi connectivity index (χ4v) is 5.22. The van der Waals surface area contributed by atoms with Gasteiger partial charge >= 0.3 is 0 Å². The Balaban J connectivity index is 1.26. The number of methoxy groups -OCH3 is 1. The zero-order chi connectivity index (χ0) is 18.6. The molecule has 0 aromatic heterocycles. The van der Waals surface area contributed by atoms with E-state index in [0.717, 1.165) is 56.9 Å². The van der Waals surface area contributed by atoms with Gasteiger partial charge in [-0.15, -0.1) is 0 Å². The number of hydrogen-bond donors (Lipinski definition) is 1. The lowest BCUT2D eigenvalue weighted by Crippen LogP contribution is -3.16. The highest BCUT2D eigenvalue weighted by Gasteiger charge is 2.34. The lowest BCUT2D eigenvalue weighted by molar-refractivity contribution is -0.892. The van der Waals surface area contributed by atoms with Crippen molar-refractivity contribution in [2.75, 3.05) is 57.8 Å². The molecule has 3 fully saturated rings. The van der Waals surface area contributed by atoms with E-state index in [9.17, 15) is 4.79 Å². The number of hydrogen-bond acceptors (Lipinski definition) is 3. The van der Waals surface area contributed by atoms with Gasteiger partial charge in [0, 0.05) is 24.8 Å². The van der Waals surface area contributed by atoms with Gasteiger partial charge < -0.3 is 19.4 Å². The third-order valence-corrected chi connectivity index (χ3v) is 6.93. The molecule has 5 nitrogen and oxygen atoms in total. The first-order chi connectivity index (χ1) is 13.2. The van der Waals surface area contributed by atoms with Crippen LogP contribution in [0.25, 0.3) is 0 Å². The second kappa shape index (κ2) is 8.51. The molecular formula is C22H34N3O2+. The van der Waals surface area contributed by atoms with Crippen LogP contribution in [0.3, 0.4) is 0 Å². The molecular weight excluding hydrogens is 338 g/mol. The van der Waals surface area contributed by atoms with Crippen molar-refractivity contribution >= 4 is 11.6 Å². The van der Waals surface area contributed by atoms with Crippen molar-refractivity contribution in [3.8, 4) is 5.75 Å². The highest BCUT2D eigenvalue weighted by atomic mass is 16.5. The number of nitrogens with one attached hydrogen (secondary N) is 1. The number of ether oxygens (including phenoxy) is 1. The second-order valence-corrected chi connectivity index (χ2v) is 8.55. The van der Waals surface area contributed by atoms with E-state index >= 15 is 0 Å². The summed E-state index contributed by atoms with van der Waals surface area (Å²) in [6.45, 7) is 6.74. The Morgan fingerprint density at radius 3 is 2.67 bits per heavy atom. The van der Waals surface area contributed by atoms with E-state index in [4.69, 9.17) is 4.74 Å². The summed E-state index contributed by atoms with van der Waals surface area (Å²) in [5.41, 5.74) is 1.22. The standard InChI is InChI=1S/C22H33N3O2/c1-27-21-8-4-7-20(15-21)24-13-11-23(12-14-24)17-22(26)25-10-9-18-5-2-3-6-19(18)16-25/h4,7-8,15,18-19H,2-3,5-6,9-14,16-17H2,1H3/p+1/t18-,19-/m0/s1. The minimum absolute atomic E-state index is 0.379. The van der Waals surface area contributed by atoms with Gasteiger partial charge in [0.05, 0.1) is 33.3 Å². The molecule has 1 saturated carbocycles. The summed E-state index contributed by atoms with van der Waals surface area (Å²) >= 11 is 0. The summed E-state index contributed by atoms with van der Waals surface area (Å²) in [5.74, 6) is 2.95. The topological polar surface area (TPSA) is 37.2 Å². The number of quaternary nitrogens is 1. The molecule has 1 aromatic carbocycles. The van der Waals surface area contributed by atoms with Crippen molar-refractivity contribution in [2.24, 2.45) is 11.8 Å². The average molecular weight is 373 g/mol. The number of benzene rings is 1. The third kappa shape index (κ3) is 4.40. The van der Waals surface area contributed by atoms with Gasteiger partial charge in [0.1, 0.15) is 5.75 Å². The summed E-state index contributed by atoms with van der Waals surface area (Å²) < 4.78 is 5.34. The van der Waals surface area contributed by atoms with Crippen molar-refractivity contribution in [2.45, 2.75) is 32.1 Å². The molecule has 27 heavy (non-hydrogen) atoms. The zero-order valence-electron chi connectivity index (χ0n) is 16.7. The van der Waals surface area contributed by atoms with E-state index in [1.54, 1.807) is 7.11 Å². The predicted molar refractivity (Wildman–Crippen MR) is 107 cm³/mol. The smallest absolute Gasteiger partial charge is 0.277 e. The third-order valence-electron chi connectivity index (χ3n) is 6.93. The van der Waals surface area contributed by atoms with E-state index in [1.807, 2.05) is 12.1 Å². The molecule has 0 bridgehead atoms. The molecule has 0 radical (unpaired) electrons. The number of carbonyl (C=O) groups excluding carboxylic acids is 1. The van der Waals surface area contributed by atoms with E-state index < -0.39 is 0 Å². The summed E-state index contributed by atoms with van der Waals surface area (Å²) in [6.07, 6.45) is 6.72. The summed E-state index contributed by atoms with van der Waals surface area (Å²) in [7, 11) is 1.71. The molecule has 0 unspecified atom stereocenters. The van der Waals surface area contributed by atoms with Crippen molar-refractivity contribution < 1.29 is 14.4 Å². The first kappa shape index (κ1) is 18.6. The van der Waals surface area contributed by atoms with Crippen molar-refractivity contribution in [1.82, 2.24) is 4.90 Å². The van der Waals surface area contributed by atoms with Gasteiger partial charge in [-0.25, -0.2) is 0 Å². The number of nitrogens with zero attached hydrogens (tertiary/aromatic N) is 2. The molecule has 3 aliphatic rings. The molecule has 1 aromatic rings. The normalized spacial score (nSPS) is 26.6. The van der Waals surface area contributed by atoms with Gasteiger partial charge in [-0.05, 0) is 36.8 Å². The predicted octanol–water partition coefficient (Wildman–Crippen LogP) is 1.44. The van der Waals surface area contributed by atoms with Crippen LogP contribution < -0.4 is 14.5 Å². The number of anilines is 1. The van der Waals surface area contributed by atoms with Crippen LogP contribution in [-0.4, -0.2) is 63.7 Å². The number of amides is 1. The SMILES string of the molecule is COc1cccc(N2CC[NH+](CC(=O)N3CC[C@@H]4CCCC[C@H]4C3)CC2)c1. The Labute approximate surface area is 163 Å². The van der Waals surface area contributed by atoms with E-state index in [1.165, 1.54) is 42.7 Å². The number of likely N-dealkylation sites (tertiary alicyclic amines) is 1. The summed E-state index contributed by atoms with van der Waals surface area (Å²) in [6, 6.07) is 8.28. The quantitative estimate of drug-likeness (QED) is 0.869. The van der Waals surface area contributed by atoms with E-state index in [0.29, 0.717) is 12.5 Å². The second-order valence-electron chi connectivity index (χ2n) is 8.55. The van der Waals surface area contributed by atoms with Gasteiger partial charge in [-0.3, -0.25) is 4.79 Å². The molecule has 148 valence electrons. The number of rotatable bonds is 4. The number of carbonyl (C=O) groups is 1. The Morgan fingerprint density at radius 2 is 1.89 bits per heavy atom. The highest BCUT2D eigenvalue weighted by Crippen LogP contribution is 2.35. The maximum atomic E-state index is 12.9. The Kier molecular flexibility index (Phi) is 5.86. The largest absolute Gasteiger partial charge is 0.497 e. The molecule has 2 saturated heterocycles. The van der Waals surface area contributed by atoms with Gasteiger partial charge in [0.2, 0.25) is 0 Å². The molecule has 1 amide bonds. The number of piperazine rings is 1. The van der Waals surface area contributed by atoms with Crippen LogP contribution in [0.2, 0.25) is 0 Å². The Morgan fingerprint density at radius 1 is 1.11 bits per heavy atom. The fourth-order valence-electron chi connectivity index (χ4n) is 5.22. The van der Waals surface area contributed by atoms with Crippen molar-refractivity contribution in [3.63, 3.8) is 0 Å². The molecule has 2 atom stereocenters. The highest BCUT2D eigenvalue weighted by molar-refractivity contribution is 5.77. The van der Waals surface area contributed by atoms with Crippen LogP contribution in [0, 0.1) is 11.8 Å². The average Bonchev–Trinajstić information content (AvgIpc) is 2.74. The minimum Gasteiger partial charge on any atom is -0.497 e. The van der Waals surface area contributed by atoms with Gasteiger partial charge in [-0.2, -0.15) is 0 Å². The van der Waals surface area contributed by atoms with Crippen LogP contribution in [0.1, 0.15) is 32.1 Å². The monoisotopic (exact) mass is 372 g/mol. The van der Waals surface area contributed by atoms with E-state index in [2.05, 4.69) is 21.9 Å². The Hall–Kier alpha value is -1.75. The molecule has 5 heteroatoms. The fraction of sp³-hybridized carbons (Fsp3) is 0.682. The number of fused-ring (bicyclic) bond motifs is 1. The van der Waals surface area contributed by atoms with Gasteiger partial charge in [-0.1, -0.05) is 25.3 Å². The Bertz CT molecular complexity index is 642. The van der Waals surface area contributed by atoms with Crippen molar-refractivity contribution in [1.29, 1.82) is 0 Å². The first-order valence-electron chi connectivity index (χ1n) is 10.7. The van der Waals surface area contributed by atoms with Gasteiger partial charge in [0.15, 0.2) is 6.54 Å². The molecule has 0 spiro atoms. The molecule has 2 aliphatic heterocycles. The summed E-state index contributed by atoms with van der Waals surface area (Å²) in [4.78, 5) is 18.9. The maximum absolute atomic E-state index is 12.9. The zero-order valence-corrected chi connectivity index (χ0v) is 16.7. The molecule has 4 rings (SSSR count). The van der Waals surface area contributed by atoms with Crippen LogP contribution in [-0.2, 0) is 4.79 Å². The van der Waals surface area contributed by atoms with Crippen LogP contribution in [0.4, 0.5) is 5.69 Å². The lowest BCUT2D eigenvalue weighted by Gasteiger charge is -2.41. The molecule has 1 aliphatic carbocycles. The van der Waals surface area contributed by atoms with Gasteiger partial charge in [0.25, 0.3) is 5.91 Å². The summed E-state index contributed by atoms with van der Waals surface area (Å²) in [5, 5.41) is 0.